The first-order chi connectivity index (χ1) is 15.1. The van der Waals surface area contributed by atoms with Gasteiger partial charge in [-0.3, -0.25) is 14.4 Å². The van der Waals surface area contributed by atoms with Crippen molar-refractivity contribution in [3.05, 3.63) is 70.5 Å². The molecule has 0 radical (unpaired) electrons. The first-order valence-corrected chi connectivity index (χ1v) is 10.1. The molecule has 1 unspecified atom stereocenters. The second kappa shape index (κ2) is 9.32. The molecule has 32 heavy (non-hydrogen) atoms. The van der Waals surface area contributed by atoms with Crippen molar-refractivity contribution >= 4 is 23.4 Å². The van der Waals surface area contributed by atoms with Crippen molar-refractivity contribution in [1.29, 1.82) is 0 Å². The smallest absolute Gasteiger partial charge is 0.308 e. The molecule has 7 nitrogen and oxygen atoms in total. The number of hydrogen-bond donors (Lipinski definition) is 1. The standard InChI is InChI=1S/C24H25FN2O5/c1-14-12-17(8-9-19(14)25)22(29)20-21(16-6-5-7-18(13-16)32-15(2)28)27(11-10-26(3)4)24(31)23(20)30/h5-9,12-13,21,29H,10-11H2,1-4H3/b22-20-. The van der Waals surface area contributed by atoms with Gasteiger partial charge in [-0.15, -0.1) is 0 Å². The van der Waals surface area contributed by atoms with E-state index in [0.29, 0.717) is 17.7 Å². The van der Waals surface area contributed by atoms with Gasteiger partial charge in [-0.05, 0) is 62.5 Å². The fourth-order valence-corrected chi connectivity index (χ4v) is 3.63. The number of ether oxygens (including phenoxy) is 1. The number of likely N-dealkylation sites (tertiary alicyclic amines) is 1. The Morgan fingerprint density at radius 1 is 1.19 bits per heavy atom. The number of nitrogens with zero attached hydrogens (tertiary/aromatic N) is 2. The average molecular weight is 440 g/mol. The van der Waals surface area contributed by atoms with Crippen molar-refractivity contribution < 1.29 is 28.6 Å². The van der Waals surface area contributed by atoms with Crippen molar-refractivity contribution in [2.24, 2.45) is 0 Å². The summed E-state index contributed by atoms with van der Waals surface area (Å²) in [4.78, 5) is 40.5. The number of hydrogen-bond acceptors (Lipinski definition) is 6. The van der Waals surface area contributed by atoms with Crippen LogP contribution in [0, 0.1) is 12.7 Å². The van der Waals surface area contributed by atoms with E-state index in [-0.39, 0.29) is 29.2 Å². The lowest BCUT2D eigenvalue weighted by atomic mass is 9.94. The van der Waals surface area contributed by atoms with Crippen LogP contribution in [0.2, 0.25) is 0 Å². The Balaban J connectivity index is 2.17. The van der Waals surface area contributed by atoms with Crippen LogP contribution in [-0.4, -0.2) is 59.8 Å². The molecule has 2 aromatic rings. The van der Waals surface area contributed by atoms with Crippen molar-refractivity contribution in [3.8, 4) is 5.75 Å². The van der Waals surface area contributed by atoms with Gasteiger partial charge in [0.25, 0.3) is 11.7 Å². The Morgan fingerprint density at radius 2 is 1.91 bits per heavy atom. The van der Waals surface area contributed by atoms with Crippen LogP contribution in [0.3, 0.4) is 0 Å². The zero-order valence-electron chi connectivity index (χ0n) is 18.4. The quantitative estimate of drug-likeness (QED) is 0.244. The molecular formula is C24H25FN2O5. The van der Waals surface area contributed by atoms with Crippen LogP contribution in [0.1, 0.15) is 29.7 Å². The number of halogens is 1. The molecule has 0 bridgehead atoms. The molecule has 0 saturated carbocycles. The number of likely N-dealkylation sites (N-methyl/N-ethyl adjacent to an activating group) is 1. The van der Waals surface area contributed by atoms with Gasteiger partial charge in [-0.25, -0.2) is 4.39 Å². The summed E-state index contributed by atoms with van der Waals surface area (Å²) in [6.07, 6.45) is 0. The zero-order chi connectivity index (χ0) is 23.6. The highest BCUT2D eigenvalue weighted by Gasteiger charge is 2.46. The maximum atomic E-state index is 13.7. The van der Waals surface area contributed by atoms with E-state index in [0.717, 1.165) is 0 Å². The molecule has 0 aliphatic carbocycles. The van der Waals surface area contributed by atoms with E-state index in [1.165, 1.54) is 30.0 Å². The lowest BCUT2D eigenvalue weighted by Crippen LogP contribution is -2.35. The summed E-state index contributed by atoms with van der Waals surface area (Å²) < 4.78 is 18.9. The Kier molecular flexibility index (Phi) is 6.74. The Morgan fingerprint density at radius 3 is 2.53 bits per heavy atom. The normalized spacial score (nSPS) is 17.8. The summed E-state index contributed by atoms with van der Waals surface area (Å²) in [5.41, 5.74) is 0.932. The molecule has 8 heteroatoms. The molecule has 1 atom stereocenters. The maximum absolute atomic E-state index is 13.7. The van der Waals surface area contributed by atoms with E-state index < -0.39 is 29.5 Å². The first-order valence-electron chi connectivity index (χ1n) is 10.1. The number of aliphatic hydroxyl groups excluding tert-OH is 1. The van der Waals surface area contributed by atoms with Gasteiger partial charge in [-0.2, -0.15) is 0 Å². The Hall–Kier alpha value is -3.52. The van der Waals surface area contributed by atoms with E-state index in [9.17, 15) is 23.9 Å². The molecule has 168 valence electrons. The summed E-state index contributed by atoms with van der Waals surface area (Å²) in [7, 11) is 3.68. The largest absolute Gasteiger partial charge is 0.507 e. The van der Waals surface area contributed by atoms with Gasteiger partial charge in [-0.1, -0.05) is 12.1 Å². The van der Waals surface area contributed by atoms with Gasteiger partial charge < -0.3 is 19.6 Å². The molecule has 1 amide bonds. The van der Waals surface area contributed by atoms with Gasteiger partial charge in [0, 0.05) is 25.6 Å². The van der Waals surface area contributed by atoms with E-state index >= 15 is 0 Å². The lowest BCUT2D eigenvalue weighted by molar-refractivity contribution is -0.140. The third-order valence-electron chi connectivity index (χ3n) is 5.19. The van der Waals surface area contributed by atoms with Gasteiger partial charge in [0.15, 0.2) is 0 Å². The number of ketones is 1. The number of aliphatic hydroxyl groups is 1. The van der Waals surface area contributed by atoms with E-state index in [1.807, 2.05) is 19.0 Å². The minimum absolute atomic E-state index is 0.0975. The highest BCUT2D eigenvalue weighted by atomic mass is 19.1. The first kappa shape index (κ1) is 23.1. The molecular weight excluding hydrogens is 415 g/mol. The molecule has 1 heterocycles. The number of benzene rings is 2. The summed E-state index contributed by atoms with van der Waals surface area (Å²) >= 11 is 0. The zero-order valence-corrected chi connectivity index (χ0v) is 18.4. The third-order valence-corrected chi connectivity index (χ3v) is 5.19. The monoisotopic (exact) mass is 440 g/mol. The van der Waals surface area contributed by atoms with Crippen molar-refractivity contribution in [2.75, 3.05) is 27.2 Å². The molecule has 1 fully saturated rings. The molecule has 0 aromatic heterocycles. The SMILES string of the molecule is CC(=O)Oc1cccc(C2/C(=C(/O)c3ccc(F)c(C)c3)C(=O)C(=O)N2CCN(C)C)c1. The van der Waals surface area contributed by atoms with Gasteiger partial charge in [0.05, 0.1) is 11.6 Å². The van der Waals surface area contributed by atoms with Crippen LogP contribution < -0.4 is 4.74 Å². The fraction of sp³-hybridized carbons (Fsp3) is 0.292. The number of rotatable bonds is 6. The van der Waals surface area contributed by atoms with Crippen molar-refractivity contribution in [2.45, 2.75) is 19.9 Å². The third kappa shape index (κ3) is 4.70. The number of carbonyl (C=O) groups excluding carboxylic acids is 3. The minimum atomic E-state index is -0.893. The molecule has 2 aromatic carbocycles. The molecule has 1 N–H and O–H groups in total. The van der Waals surface area contributed by atoms with Crippen LogP contribution in [0.4, 0.5) is 4.39 Å². The average Bonchev–Trinajstić information content (AvgIpc) is 2.98. The van der Waals surface area contributed by atoms with Gasteiger partial charge in [0.2, 0.25) is 0 Å². The van der Waals surface area contributed by atoms with Crippen molar-refractivity contribution in [1.82, 2.24) is 9.80 Å². The van der Waals surface area contributed by atoms with Crippen LogP contribution in [-0.2, 0) is 14.4 Å². The van der Waals surface area contributed by atoms with E-state index in [2.05, 4.69) is 0 Å². The van der Waals surface area contributed by atoms with Crippen LogP contribution in [0.15, 0.2) is 48.0 Å². The predicted octanol–water partition coefficient (Wildman–Crippen LogP) is 3.04. The van der Waals surface area contributed by atoms with E-state index in [1.54, 1.807) is 31.2 Å². The highest BCUT2D eigenvalue weighted by molar-refractivity contribution is 6.46. The molecule has 1 aliphatic rings. The number of amides is 1. The number of esters is 1. The maximum Gasteiger partial charge on any atom is 0.308 e. The summed E-state index contributed by atoms with van der Waals surface area (Å²) in [5, 5.41) is 11.0. The van der Waals surface area contributed by atoms with Crippen molar-refractivity contribution in [3.63, 3.8) is 0 Å². The predicted molar refractivity (Wildman–Crippen MR) is 116 cm³/mol. The molecule has 3 rings (SSSR count). The summed E-state index contributed by atoms with van der Waals surface area (Å²) in [5.74, 6) is -2.65. The highest BCUT2D eigenvalue weighted by Crippen LogP contribution is 2.40. The van der Waals surface area contributed by atoms with Gasteiger partial charge in [0.1, 0.15) is 17.3 Å². The topological polar surface area (TPSA) is 87.1 Å². The van der Waals surface area contributed by atoms with Gasteiger partial charge >= 0.3 is 5.97 Å². The minimum Gasteiger partial charge on any atom is -0.507 e. The van der Waals surface area contributed by atoms with Crippen LogP contribution in [0.25, 0.3) is 5.76 Å². The fourth-order valence-electron chi connectivity index (χ4n) is 3.63. The second-order valence-electron chi connectivity index (χ2n) is 7.93. The second-order valence-corrected chi connectivity index (χ2v) is 7.93. The Labute approximate surface area is 185 Å². The molecule has 1 aliphatic heterocycles. The summed E-state index contributed by atoms with van der Waals surface area (Å²) in [6, 6.07) is 9.56. The van der Waals surface area contributed by atoms with Crippen LogP contribution >= 0.6 is 0 Å². The number of aryl methyl sites for hydroxylation is 1. The van der Waals surface area contributed by atoms with E-state index in [4.69, 9.17) is 4.74 Å². The number of carbonyl (C=O) groups is 3. The van der Waals surface area contributed by atoms with Crippen LogP contribution in [0.5, 0.6) is 5.75 Å². The molecule has 0 spiro atoms. The molecule has 1 saturated heterocycles. The summed E-state index contributed by atoms with van der Waals surface area (Å²) in [6.45, 7) is 3.54. The lowest BCUT2D eigenvalue weighted by Gasteiger charge is -2.26. The Bertz CT molecular complexity index is 1110. The number of Topliss-reactive ketones (excluding diaryl/α,β-unsaturated/α-hetero) is 1.